The van der Waals surface area contributed by atoms with Crippen molar-refractivity contribution in [3.05, 3.63) is 42.1 Å². The molecule has 0 aliphatic heterocycles. The van der Waals surface area contributed by atoms with E-state index in [1.54, 1.807) is 6.08 Å². The van der Waals surface area contributed by atoms with Gasteiger partial charge in [0, 0.05) is 23.2 Å². The lowest BCUT2D eigenvalue weighted by Crippen LogP contribution is -2.22. The summed E-state index contributed by atoms with van der Waals surface area (Å²) in [6.45, 7) is 5.56. The molecule has 94 valence electrons. The summed E-state index contributed by atoms with van der Waals surface area (Å²) in [6, 6.07) is 7.91. The summed E-state index contributed by atoms with van der Waals surface area (Å²) in [5, 5.41) is 1.09. The molecule has 0 fully saturated rings. The second kappa shape index (κ2) is 4.69. The average molecular weight is 243 g/mol. The number of aromatic nitrogens is 1. The van der Waals surface area contributed by atoms with E-state index in [2.05, 4.69) is 4.98 Å². The summed E-state index contributed by atoms with van der Waals surface area (Å²) >= 11 is 0. The number of carbonyl (C=O) groups excluding carboxylic acids is 1. The van der Waals surface area contributed by atoms with Gasteiger partial charge in [-0.1, -0.05) is 12.1 Å². The Labute approximate surface area is 106 Å². The van der Waals surface area contributed by atoms with Crippen LogP contribution in [0.2, 0.25) is 0 Å². The van der Waals surface area contributed by atoms with Gasteiger partial charge in [0.05, 0.1) is 0 Å². The summed E-state index contributed by atoms with van der Waals surface area (Å²) in [5.41, 5.74) is 1.60. The third-order valence-electron chi connectivity index (χ3n) is 2.43. The molecule has 0 bridgehead atoms. The highest BCUT2D eigenvalue weighted by Crippen LogP contribution is 2.18. The van der Waals surface area contributed by atoms with Crippen molar-refractivity contribution >= 4 is 22.9 Å². The summed E-state index contributed by atoms with van der Waals surface area (Å²) in [4.78, 5) is 14.7. The van der Waals surface area contributed by atoms with Crippen LogP contribution in [0.3, 0.4) is 0 Å². The van der Waals surface area contributed by atoms with Crippen LogP contribution < -0.4 is 0 Å². The highest BCUT2D eigenvalue weighted by Gasteiger charge is 2.13. The van der Waals surface area contributed by atoms with Gasteiger partial charge in [0.1, 0.15) is 5.60 Å². The number of rotatable bonds is 2. The fraction of sp³-hybridized carbons (Fsp3) is 0.267. The number of nitrogens with one attached hydrogen (secondary N) is 1. The molecule has 3 heteroatoms. The Morgan fingerprint density at radius 1 is 1.28 bits per heavy atom. The van der Waals surface area contributed by atoms with E-state index in [0.29, 0.717) is 0 Å². The Bertz CT molecular complexity index is 588. The molecule has 0 unspecified atom stereocenters. The van der Waals surface area contributed by atoms with E-state index in [0.717, 1.165) is 16.5 Å². The predicted octanol–water partition coefficient (Wildman–Crippen LogP) is 3.52. The fourth-order valence-corrected chi connectivity index (χ4v) is 1.75. The third-order valence-corrected chi connectivity index (χ3v) is 2.43. The third kappa shape index (κ3) is 3.00. The number of hydrogen-bond acceptors (Lipinski definition) is 2. The highest BCUT2D eigenvalue weighted by atomic mass is 16.6. The van der Waals surface area contributed by atoms with Gasteiger partial charge in [-0.15, -0.1) is 0 Å². The highest BCUT2D eigenvalue weighted by molar-refractivity contribution is 5.93. The number of H-pyrrole nitrogens is 1. The molecule has 0 spiro atoms. The van der Waals surface area contributed by atoms with Crippen molar-refractivity contribution < 1.29 is 9.53 Å². The number of ether oxygens (including phenoxy) is 1. The van der Waals surface area contributed by atoms with Crippen LogP contribution in [-0.2, 0) is 9.53 Å². The molecular weight excluding hydrogens is 226 g/mol. The second-order valence-corrected chi connectivity index (χ2v) is 5.15. The number of carbonyl (C=O) groups is 1. The van der Waals surface area contributed by atoms with Gasteiger partial charge >= 0.3 is 5.97 Å². The van der Waals surface area contributed by atoms with E-state index in [1.165, 1.54) is 6.08 Å². The molecule has 0 atom stereocenters. The lowest BCUT2D eigenvalue weighted by atomic mass is 10.1. The summed E-state index contributed by atoms with van der Waals surface area (Å²) in [7, 11) is 0. The van der Waals surface area contributed by atoms with Gasteiger partial charge in [0.25, 0.3) is 0 Å². The molecule has 1 heterocycles. The molecule has 2 aromatic rings. The lowest BCUT2D eigenvalue weighted by molar-refractivity contribution is -0.148. The zero-order chi connectivity index (χ0) is 13.2. The number of hydrogen-bond donors (Lipinski definition) is 1. The SMILES string of the molecule is CC(C)(C)OC(=O)/C=C/c1cccc2[nH]ccc12. The van der Waals surface area contributed by atoms with Gasteiger partial charge in [0.2, 0.25) is 0 Å². The van der Waals surface area contributed by atoms with E-state index in [4.69, 9.17) is 4.74 Å². The van der Waals surface area contributed by atoms with Crippen LogP contribution in [0.15, 0.2) is 36.5 Å². The van der Waals surface area contributed by atoms with Crippen LogP contribution in [0.5, 0.6) is 0 Å². The van der Waals surface area contributed by atoms with Gasteiger partial charge in [-0.2, -0.15) is 0 Å². The van der Waals surface area contributed by atoms with Crippen LogP contribution in [-0.4, -0.2) is 16.6 Å². The van der Waals surface area contributed by atoms with Crippen LogP contribution in [0, 0.1) is 0 Å². The Morgan fingerprint density at radius 3 is 2.78 bits per heavy atom. The second-order valence-electron chi connectivity index (χ2n) is 5.15. The van der Waals surface area contributed by atoms with Crippen LogP contribution in [0.1, 0.15) is 26.3 Å². The van der Waals surface area contributed by atoms with Gasteiger partial charge in [-0.05, 0) is 44.5 Å². The van der Waals surface area contributed by atoms with Crippen molar-refractivity contribution in [2.75, 3.05) is 0 Å². The fourth-order valence-electron chi connectivity index (χ4n) is 1.75. The number of fused-ring (bicyclic) bond motifs is 1. The quantitative estimate of drug-likeness (QED) is 0.647. The molecule has 3 nitrogen and oxygen atoms in total. The minimum Gasteiger partial charge on any atom is -0.457 e. The molecule has 0 saturated carbocycles. The molecular formula is C15H17NO2. The van der Waals surface area contributed by atoms with Crippen molar-refractivity contribution in [3.8, 4) is 0 Å². The van der Waals surface area contributed by atoms with Crippen LogP contribution in [0.25, 0.3) is 17.0 Å². The number of esters is 1. The standard InChI is InChI=1S/C15H17NO2/c1-15(2,3)18-14(17)8-7-11-5-4-6-13-12(11)9-10-16-13/h4-10,16H,1-3H3/b8-7+. The van der Waals surface area contributed by atoms with Gasteiger partial charge in [0.15, 0.2) is 0 Å². The summed E-state index contributed by atoms with van der Waals surface area (Å²) in [6.07, 6.45) is 5.13. The molecule has 0 saturated heterocycles. The normalized spacial score (nSPS) is 12.2. The maximum Gasteiger partial charge on any atom is 0.331 e. The van der Waals surface area contributed by atoms with E-state index in [-0.39, 0.29) is 5.97 Å². The molecule has 18 heavy (non-hydrogen) atoms. The minimum absolute atomic E-state index is 0.324. The molecule has 0 radical (unpaired) electrons. The van der Waals surface area contributed by atoms with Gasteiger partial charge < -0.3 is 9.72 Å². The van der Waals surface area contributed by atoms with Gasteiger partial charge in [-0.25, -0.2) is 4.79 Å². The Balaban J connectivity index is 2.19. The molecule has 1 aromatic carbocycles. The largest absolute Gasteiger partial charge is 0.457 e. The van der Waals surface area contributed by atoms with Crippen molar-refractivity contribution in [1.29, 1.82) is 0 Å². The monoisotopic (exact) mass is 243 g/mol. The molecule has 1 aromatic heterocycles. The minimum atomic E-state index is -0.457. The van der Waals surface area contributed by atoms with E-state index < -0.39 is 5.60 Å². The molecule has 0 aliphatic carbocycles. The molecule has 0 aliphatic rings. The van der Waals surface area contributed by atoms with E-state index >= 15 is 0 Å². The predicted molar refractivity (Wildman–Crippen MR) is 73.2 cm³/mol. The zero-order valence-electron chi connectivity index (χ0n) is 10.9. The summed E-state index contributed by atoms with van der Waals surface area (Å²) < 4.78 is 5.22. The Morgan fingerprint density at radius 2 is 2.06 bits per heavy atom. The molecule has 1 N–H and O–H groups in total. The van der Waals surface area contributed by atoms with Crippen molar-refractivity contribution in [3.63, 3.8) is 0 Å². The van der Waals surface area contributed by atoms with Crippen molar-refractivity contribution in [2.45, 2.75) is 26.4 Å². The van der Waals surface area contributed by atoms with Crippen LogP contribution >= 0.6 is 0 Å². The van der Waals surface area contributed by atoms with Gasteiger partial charge in [-0.3, -0.25) is 0 Å². The first kappa shape index (κ1) is 12.4. The zero-order valence-corrected chi connectivity index (χ0v) is 10.9. The number of aromatic amines is 1. The maximum absolute atomic E-state index is 11.6. The first-order valence-corrected chi connectivity index (χ1v) is 5.93. The average Bonchev–Trinajstić information content (AvgIpc) is 2.72. The molecule has 0 amide bonds. The Kier molecular flexibility index (Phi) is 3.24. The first-order chi connectivity index (χ1) is 8.46. The van der Waals surface area contributed by atoms with E-state index in [1.807, 2.05) is 51.2 Å². The topological polar surface area (TPSA) is 42.1 Å². The van der Waals surface area contributed by atoms with E-state index in [9.17, 15) is 4.79 Å². The smallest absolute Gasteiger partial charge is 0.331 e. The lowest BCUT2D eigenvalue weighted by Gasteiger charge is -2.17. The first-order valence-electron chi connectivity index (χ1n) is 5.93. The van der Waals surface area contributed by atoms with Crippen molar-refractivity contribution in [2.24, 2.45) is 0 Å². The van der Waals surface area contributed by atoms with Crippen molar-refractivity contribution in [1.82, 2.24) is 4.98 Å². The van der Waals surface area contributed by atoms with Crippen LogP contribution in [0.4, 0.5) is 0 Å². The maximum atomic E-state index is 11.6. The number of benzene rings is 1. The Hall–Kier alpha value is -2.03. The summed E-state index contributed by atoms with van der Waals surface area (Å²) in [5.74, 6) is -0.324. The molecule has 2 rings (SSSR count).